The van der Waals surface area contributed by atoms with Crippen molar-refractivity contribution >= 4 is 23.2 Å². The zero-order valence-corrected chi connectivity index (χ0v) is 18.7. The van der Waals surface area contributed by atoms with Gasteiger partial charge in [-0.3, -0.25) is 14.7 Å². The summed E-state index contributed by atoms with van der Waals surface area (Å²) in [5, 5.41) is 3.86. The number of anilines is 1. The van der Waals surface area contributed by atoms with Crippen LogP contribution in [0.2, 0.25) is 5.02 Å². The minimum absolute atomic E-state index is 0.125. The third-order valence-electron chi connectivity index (χ3n) is 6.23. The quantitative estimate of drug-likeness (QED) is 0.668. The Kier molecular flexibility index (Phi) is 7.65. The number of rotatable bonds is 8. The first-order valence-electron chi connectivity index (χ1n) is 11.3. The van der Waals surface area contributed by atoms with Crippen LogP contribution in [-0.2, 0) is 4.79 Å². The molecule has 0 bridgehead atoms. The summed E-state index contributed by atoms with van der Waals surface area (Å²) in [6, 6.07) is 9.75. The number of aromatic nitrogens is 1. The van der Waals surface area contributed by atoms with E-state index >= 15 is 0 Å². The summed E-state index contributed by atoms with van der Waals surface area (Å²) in [6.07, 6.45) is 7.89. The smallest absolute Gasteiger partial charge is 0.241 e. The number of ether oxygens (including phenoxy) is 1. The van der Waals surface area contributed by atoms with Crippen LogP contribution in [0.1, 0.15) is 37.2 Å². The normalized spacial score (nSPS) is 17.6. The highest BCUT2D eigenvalue weighted by molar-refractivity contribution is 6.30. The van der Waals surface area contributed by atoms with Gasteiger partial charge in [-0.15, -0.1) is 0 Å². The van der Waals surface area contributed by atoms with Crippen molar-refractivity contribution in [3.8, 4) is 5.75 Å². The maximum Gasteiger partial charge on any atom is 0.241 e. The van der Waals surface area contributed by atoms with Crippen molar-refractivity contribution in [2.75, 3.05) is 51.2 Å². The summed E-state index contributed by atoms with van der Waals surface area (Å²) in [4.78, 5) is 21.1. The van der Waals surface area contributed by atoms with E-state index in [0.29, 0.717) is 24.1 Å². The van der Waals surface area contributed by atoms with Crippen LogP contribution >= 0.6 is 11.6 Å². The van der Waals surface area contributed by atoms with Crippen LogP contribution in [0.5, 0.6) is 5.75 Å². The topological polar surface area (TPSA) is 57.7 Å². The monoisotopic (exact) mass is 442 g/mol. The van der Waals surface area contributed by atoms with Crippen molar-refractivity contribution in [1.82, 2.24) is 14.8 Å². The molecule has 1 N–H and O–H groups in total. The molecule has 2 fully saturated rings. The van der Waals surface area contributed by atoms with Gasteiger partial charge in [-0.25, -0.2) is 0 Å². The van der Waals surface area contributed by atoms with Crippen LogP contribution in [0.3, 0.4) is 0 Å². The van der Waals surface area contributed by atoms with Gasteiger partial charge in [0.25, 0.3) is 0 Å². The van der Waals surface area contributed by atoms with Gasteiger partial charge in [-0.2, -0.15) is 0 Å². The van der Waals surface area contributed by atoms with Crippen LogP contribution < -0.4 is 10.1 Å². The zero-order chi connectivity index (χ0) is 21.5. The lowest BCUT2D eigenvalue weighted by Gasteiger charge is -2.33. The predicted octanol–water partition coefficient (Wildman–Crippen LogP) is 4.03. The molecule has 0 spiro atoms. The Labute approximate surface area is 189 Å². The van der Waals surface area contributed by atoms with E-state index in [9.17, 15) is 4.79 Å². The highest BCUT2D eigenvalue weighted by Crippen LogP contribution is 2.36. The van der Waals surface area contributed by atoms with Crippen LogP contribution in [-0.4, -0.2) is 66.6 Å². The predicted molar refractivity (Wildman–Crippen MR) is 124 cm³/mol. The van der Waals surface area contributed by atoms with Gasteiger partial charge in [0.15, 0.2) is 0 Å². The number of nitrogens with zero attached hydrogens (tertiary/aromatic N) is 3. The van der Waals surface area contributed by atoms with Crippen molar-refractivity contribution in [2.45, 2.75) is 31.6 Å². The number of benzene rings is 1. The number of nitrogens with one attached hydrogen (secondary N) is 1. The van der Waals surface area contributed by atoms with Gasteiger partial charge in [0, 0.05) is 37.1 Å². The minimum Gasteiger partial charge on any atom is -0.492 e. The Morgan fingerprint density at radius 2 is 1.97 bits per heavy atom. The second kappa shape index (κ2) is 10.8. The fourth-order valence-corrected chi connectivity index (χ4v) is 4.62. The Hall–Kier alpha value is -2.31. The van der Waals surface area contributed by atoms with E-state index in [-0.39, 0.29) is 5.91 Å². The number of carbonyl (C=O) groups excluding carboxylic acids is 1. The molecule has 4 rings (SSSR count). The average Bonchev–Trinajstić information content (AvgIpc) is 3.32. The molecule has 0 unspecified atom stereocenters. The molecule has 3 heterocycles. The molecule has 0 radical (unpaired) electrons. The number of hydrogen-bond donors (Lipinski definition) is 1. The summed E-state index contributed by atoms with van der Waals surface area (Å²) in [6.45, 7) is 5.81. The van der Waals surface area contributed by atoms with Crippen LogP contribution in [0, 0.1) is 0 Å². The number of piperidine rings is 1. The molecule has 7 heteroatoms. The molecule has 1 amide bonds. The summed E-state index contributed by atoms with van der Waals surface area (Å²) in [5.41, 5.74) is 2.08. The lowest BCUT2D eigenvalue weighted by molar-refractivity contribution is -0.130. The van der Waals surface area contributed by atoms with E-state index in [0.717, 1.165) is 43.9 Å². The van der Waals surface area contributed by atoms with Gasteiger partial charge in [-0.1, -0.05) is 17.7 Å². The molecule has 1 aromatic carbocycles. The Balaban J connectivity index is 1.29. The van der Waals surface area contributed by atoms with Crippen molar-refractivity contribution in [3.63, 3.8) is 0 Å². The third-order valence-corrected chi connectivity index (χ3v) is 6.47. The number of pyridine rings is 1. The number of hydrogen-bond acceptors (Lipinski definition) is 5. The summed E-state index contributed by atoms with van der Waals surface area (Å²) in [5.74, 6) is 1.41. The summed E-state index contributed by atoms with van der Waals surface area (Å²) >= 11 is 6.26. The molecule has 2 aliphatic rings. The van der Waals surface area contributed by atoms with E-state index in [2.05, 4.69) is 21.3 Å². The number of carbonyl (C=O) groups is 1. The Bertz CT molecular complexity index is 850. The molecule has 2 aliphatic heterocycles. The van der Waals surface area contributed by atoms with Crippen molar-refractivity contribution in [1.29, 1.82) is 0 Å². The molecule has 31 heavy (non-hydrogen) atoms. The standard InChI is InChI=1S/C24H31ClN4O2/c25-20-5-6-22(23(16-20)31-15-14-28-10-1-2-11-28)19-7-12-29(13-8-19)24(30)18-27-21-4-3-9-26-17-21/h3-6,9,16-17,19,27H,1-2,7-8,10-15,18H2. The first-order valence-corrected chi connectivity index (χ1v) is 11.6. The second-order valence-electron chi connectivity index (χ2n) is 8.33. The highest BCUT2D eigenvalue weighted by Gasteiger charge is 2.26. The molecule has 0 atom stereocenters. The summed E-state index contributed by atoms with van der Waals surface area (Å²) < 4.78 is 6.17. The Morgan fingerprint density at radius 1 is 1.16 bits per heavy atom. The Morgan fingerprint density at radius 3 is 2.71 bits per heavy atom. The van der Waals surface area contributed by atoms with E-state index in [1.807, 2.05) is 29.2 Å². The number of likely N-dealkylation sites (tertiary alicyclic amines) is 2. The SMILES string of the molecule is O=C(CNc1cccnc1)N1CCC(c2ccc(Cl)cc2OCCN2CCCC2)CC1. The van der Waals surface area contributed by atoms with Crippen molar-refractivity contribution in [2.24, 2.45) is 0 Å². The van der Waals surface area contributed by atoms with Crippen LogP contribution in [0.15, 0.2) is 42.7 Å². The average molecular weight is 443 g/mol. The van der Waals surface area contributed by atoms with Gasteiger partial charge >= 0.3 is 0 Å². The molecule has 0 aliphatic carbocycles. The molecule has 1 aromatic heterocycles. The van der Waals surface area contributed by atoms with Gasteiger partial charge in [0.1, 0.15) is 12.4 Å². The third kappa shape index (κ3) is 6.11. The molecule has 166 valence electrons. The summed E-state index contributed by atoms with van der Waals surface area (Å²) in [7, 11) is 0. The molecular formula is C24H31ClN4O2. The van der Waals surface area contributed by atoms with E-state index in [1.54, 1.807) is 12.4 Å². The maximum atomic E-state index is 12.6. The molecular weight excluding hydrogens is 412 g/mol. The van der Waals surface area contributed by atoms with Gasteiger partial charge in [0.05, 0.1) is 12.2 Å². The fraction of sp³-hybridized carbons (Fsp3) is 0.500. The molecule has 2 saturated heterocycles. The largest absolute Gasteiger partial charge is 0.492 e. The molecule has 0 saturated carbocycles. The molecule has 6 nitrogen and oxygen atoms in total. The fourth-order valence-electron chi connectivity index (χ4n) is 4.46. The van der Waals surface area contributed by atoms with Crippen molar-refractivity contribution < 1.29 is 9.53 Å². The van der Waals surface area contributed by atoms with Gasteiger partial charge in [0.2, 0.25) is 5.91 Å². The lowest BCUT2D eigenvalue weighted by atomic mass is 9.88. The van der Waals surface area contributed by atoms with Crippen LogP contribution in [0.4, 0.5) is 5.69 Å². The van der Waals surface area contributed by atoms with E-state index < -0.39 is 0 Å². The minimum atomic E-state index is 0.125. The second-order valence-corrected chi connectivity index (χ2v) is 8.77. The van der Waals surface area contributed by atoms with Crippen LogP contribution in [0.25, 0.3) is 0 Å². The van der Waals surface area contributed by atoms with E-state index in [1.165, 1.54) is 31.5 Å². The van der Waals surface area contributed by atoms with Gasteiger partial charge < -0.3 is 15.0 Å². The number of halogens is 1. The highest BCUT2D eigenvalue weighted by atomic mass is 35.5. The number of amides is 1. The first-order chi connectivity index (χ1) is 15.2. The maximum absolute atomic E-state index is 12.6. The van der Waals surface area contributed by atoms with Crippen molar-refractivity contribution in [3.05, 3.63) is 53.3 Å². The molecule has 2 aromatic rings. The zero-order valence-electron chi connectivity index (χ0n) is 17.9. The van der Waals surface area contributed by atoms with Gasteiger partial charge in [-0.05, 0) is 74.5 Å². The lowest BCUT2D eigenvalue weighted by Crippen LogP contribution is -2.41. The van der Waals surface area contributed by atoms with E-state index in [4.69, 9.17) is 16.3 Å². The first kappa shape index (κ1) is 21.9.